The number of thiazole rings is 1. The van der Waals surface area contributed by atoms with Crippen molar-refractivity contribution in [1.82, 2.24) is 19.5 Å². The zero-order valence-electron chi connectivity index (χ0n) is 11.1. The van der Waals surface area contributed by atoms with Crippen LogP contribution in [0.5, 0.6) is 0 Å². The van der Waals surface area contributed by atoms with Crippen LogP contribution in [0, 0.1) is 4.77 Å². The number of nitrogens with zero attached hydrogens (tertiary/aromatic N) is 3. The molecule has 3 aromatic heterocycles. The molecule has 0 aliphatic rings. The predicted molar refractivity (Wildman–Crippen MR) is 85.2 cm³/mol. The van der Waals surface area contributed by atoms with Crippen LogP contribution in [-0.4, -0.2) is 19.5 Å². The molecule has 0 aromatic carbocycles. The van der Waals surface area contributed by atoms with Gasteiger partial charge in [-0.2, -0.15) is 0 Å². The maximum absolute atomic E-state index is 5.96. The molecule has 20 heavy (non-hydrogen) atoms. The van der Waals surface area contributed by atoms with Crippen LogP contribution in [0.4, 0.5) is 0 Å². The van der Waals surface area contributed by atoms with Gasteiger partial charge in [-0.25, -0.2) is 9.97 Å². The first-order chi connectivity index (χ1) is 9.60. The number of rotatable bonds is 3. The second kappa shape index (κ2) is 5.27. The molecule has 0 amide bonds. The van der Waals surface area contributed by atoms with E-state index in [1.54, 1.807) is 17.5 Å². The summed E-state index contributed by atoms with van der Waals surface area (Å²) in [5.74, 6) is 0. The molecule has 3 heterocycles. The average molecular weight is 325 g/mol. The maximum atomic E-state index is 5.96. The van der Waals surface area contributed by atoms with Crippen LogP contribution in [0.1, 0.15) is 29.8 Å². The van der Waals surface area contributed by atoms with Crippen molar-refractivity contribution >= 4 is 46.3 Å². The van der Waals surface area contributed by atoms with Crippen molar-refractivity contribution in [1.29, 1.82) is 0 Å². The summed E-state index contributed by atoms with van der Waals surface area (Å²) in [7, 11) is 0. The molecule has 4 nitrogen and oxygen atoms in total. The Morgan fingerprint density at radius 2 is 2.25 bits per heavy atom. The molecule has 0 bridgehead atoms. The number of halogens is 1. The van der Waals surface area contributed by atoms with Gasteiger partial charge in [0.25, 0.3) is 0 Å². The van der Waals surface area contributed by atoms with Gasteiger partial charge in [0.05, 0.1) is 16.6 Å². The summed E-state index contributed by atoms with van der Waals surface area (Å²) in [6, 6.07) is 1.89. The normalized spacial score (nSPS) is 12.9. The maximum Gasteiger partial charge on any atom is 0.179 e. The zero-order valence-corrected chi connectivity index (χ0v) is 13.4. The van der Waals surface area contributed by atoms with Gasteiger partial charge in [0, 0.05) is 17.3 Å². The molecule has 0 radical (unpaired) electrons. The molecule has 1 N–H and O–H groups in total. The van der Waals surface area contributed by atoms with Gasteiger partial charge >= 0.3 is 0 Å². The fourth-order valence-electron chi connectivity index (χ4n) is 2.14. The smallest absolute Gasteiger partial charge is 0.179 e. The first kappa shape index (κ1) is 13.7. The fourth-order valence-corrected chi connectivity index (χ4v) is 3.55. The molecule has 3 aromatic rings. The van der Waals surface area contributed by atoms with E-state index >= 15 is 0 Å². The molecule has 0 aliphatic heterocycles. The predicted octanol–water partition coefficient (Wildman–Crippen LogP) is 4.38. The van der Waals surface area contributed by atoms with E-state index in [-0.39, 0.29) is 6.04 Å². The largest absolute Gasteiger partial charge is 0.329 e. The highest BCUT2D eigenvalue weighted by atomic mass is 35.5. The molecule has 0 aliphatic carbocycles. The molecule has 3 rings (SSSR count). The van der Waals surface area contributed by atoms with Crippen LogP contribution >= 0.6 is 35.2 Å². The monoisotopic (exact) mass is 324 g/mol. The van der Waals surface area contributed by atoms with Gasteiger partial charge in [-0.15, -0.1) is 11.3 Å². The highest BCUT2D eigenvalue weighted by Gasteiger charge is 2.17. The number of aryl methyl sites for hydroxylation is 1. The van der Waals surface area contributed by atoms with E-state index in [0.717, 1.165) is 22.6 Å². The van der Waals surface area contributed by atoms with Gasteiger partial charge in [-0.3, -0.25) is 4.57 Å². The van der Waals surface area contributed by atoms with Crippen molar-refractivity contribution in [2.45, 2.75) is 26.3 Å². The molecule has 0 saturated carbocycles. The summed E-state index contributed by atoms with van der Waals surface area (Å²) in [6.07, 6.45) is 4.56. The number of hydrogen-bond acceptors (Lipinski definition) is 4. The number of fused-ring (bicyclic) bond motifs is 1. The highest BCUT2D eigenvalue weighted by molar-refractivity contribution is 7.71. The zero-order chi connectivity index (χ0) is 14.3. The number of H-pyrrole nitrogens is 1. The van der Waals surface area contributed by atoms with E-state index in [1.807, 2.05) is 16.8 Å². The molecule has 104 valence electrons. The lowest BCUT2D eigenvalue weighted by Gasteiger charge is -2.10. The van der Waals surface area contributed by atoms with Gasteiger partial charge in [0.1, 0.15) is 5.01 Å². The van der Waals surface area contributed by atoms with Crippen molar-refractivity contribution in [3.05, 3.63) is 38.1 Å². The Morgan fingerprint density at radius 1 is 1.45 bits per heavy atom. The Hall–Kier alpha value is -1.24. The molecule has 7 heteroatoms. The summed E-state index contributed by atoms with van der Waals surface area (Å²) in [4.78, 5) is 13.3. The molecule has 1 unspecified atom stereocenters. The summed E-state index contributed by atoms with van der Waals surface area (Å²) in [5, 5.41) is 1.63. The van der Waals surface area contributed by atoms with Crippen LogP contribution < -0.4 is 0 Å². The number of imidazole rings is 1. The van der Waals surface area contributed by atoms with Crippen molar-refractivity contribution in [2.24, 2.45) is 0 Å². The van der Waals surface area contributed by atoms with Crippen molar-refractivity contribution in [3.63, 3.8) is 0 Å². The minimum Gasteiger partial charge on any atom is -0.329 e. The van der Waals surface area contributed by atoms with Crippen molar-refractivity contribution in [2.75, 3.05) is 0 Å². The van der Waals surface area contributed by atoms with Crippen molar-refractivity contribution in [3.8, 4) is 0 Å². The van der Waals surface area contributed by atoms with E-state index < -0.39 is 0 Å². The Morgan fingerprint density at radius 3 is 2.95 bits per heavy atom. The first-order valence-electron chi connectivity index (χ1n) is 6.30. The van der Waals surface area contributed by atoms with Crippen LogP contribution in [0.2, 0.25) is 5.02 Å². The first-order valence-corrected chi connectivity index (χ1v) is 7.90. The number of aromatic nitrogens is 4. The van der Waals surface area contributed by atoms with Crippen LogP contribution in [0.3, 0.4) is 0 Å². The summed E-state index contributed by atoms with van der Waals surface area (Å²) >= 11 is 13.1. The third kappa shape index (κ3) is 2.28. The second-order valence-electron chi connectivity index (χ2n) is 4.52. The standard InChI is InChI=1S/C13H13ClN4S2/c1-3-9-6-16-12(20-9)7(2)18-11-10(17-13(18)19)4-8(14)5-15-11/h4-7H,3H2,1-2H3,(H,17,19). The third-order valence-electron chi connectivity index (χ3n) is 3.19. The molecular formula is C13H13ClN4S2. The Kier molecular flexibility index (Phi) is 3.62. The molecule has 0 spiro atoms. The summed E-state index contributed by atoms with van der Waals surface area (Å²) in [6.45, 7) is 4.21. The fraction of sp³-hybridized carbons (Fsp3) is 0.308. The number of aromatic amines is 1. The third-order valence-corrected chi connectivity index (χ3v) is 5.00. The minimum atomic E-state index is 0.0511. The lowest BCUT2D eigenvalue weighted by molar-refractivity contribution is 0.639. The van der Waals surface area contributed by atoms with Gasteiger partial charge in [-0.05, 0) is 31.6 Å². The van der Waals surface area contributed by atoms with Gasteiger partial charge in [0.15, 0.2) is 10.4 Å². The Balaban J connectivity index is 2.13. The summed E-state index contributed by atoms with van der Waals surface area (Å²) in [5.41, 5.74) is 1.65. The van der Waals surface area contributed by atoms with Crippen LogP contribution in [0.15, 0.2) is 18.5 Å². The number of nitrogens with one attached hydrogen (secondary N) is 1. The molecular weight excluding hydrogens is 312 g/mol. The molecule has 1 atom stereocenters. The van der Waals surface area contributed by atoms with E-state index in [0.29, 0.717) is 9.79 Å². The average Bonchev–Trinajstić information content (AvgIpc) is 3.01. The lowest BCUT2D eigenvalue weighted by atomic mass is 10.3. The van der Waals surface area contributed by atoms with Gasteiger partial charge < -0.3 is 4.98 Å². The van der Waals surface area contributed by atoms with E-state index in [2.05, 4.69) is 28.8 Å². The lowest BCUT2D eigenvalue weighted by Crippen LogP contribution is -2.07. The number of pyridine rings is 1. The molecule has 0 saturated heterocycles. The highest BCUT2D eigenvalue weighted by Crippen LogP contribution is 2.27. The Bertz CT molecular complexity index is 817. The van der Waals surface area contributed by atoms with Crippen molar-refractivity contribution < 1.29 is 0 Å². The van der Waals surface area contributed by atoms with E-state index in [4.69, 9.17) is 23.8 Å². The van der Waals surface area contributed by atoms with Gasteiger partial charge in [0.2, 0.25) is 0 Å². The van der Waals surface area contributed by atoms with E-state index in [9.17, 15) is 0 Å². The molecule has 0 fully saturated rings. The second-order valence-corrected chi connectivity index (χ2v) is 6.49. The number of hydrogen-bond donors (Lipinski definition) is 1. The quantitative estimate of drug-likeness (QED) is 0.727. The minimum absolute atomic E-state index is 0.0511. The SMILES string of the molecule is CCc1cnc(C(C)n2c(=S)[nH]c3cc(Cl)cnc32)s1. The van der Waals surface area contributed by atoms with Crippen LogP contribution in [0.25, 0.3) is 11.2 Å². The van der Waals surface area contributed by atoms with Crippen LogP contribution in [-0.2, 0) is 6.42 Å². The Labute approximate surface area is 130 Å². The summed E-state index contributed by atoms with van der Waals surface area (Å²) < 4.78 is 2.62. The topological polar surface area (TPSA) is 46.5 Å². The van der Waals surface area contributed by atoms with Gasteiger partial charge in [-0.1, -0.05) is 18.5 Å². The van der Waals surface area contributed by atoms with E-state index in [1.165, 1.54) is 4.88 Å².